The monoisotopic (exact) mass is 230 g/mol. The van der Waals surface area contributed by atoms with Crippen LogP contribution in [0.5, 0.6) is 0 Å². The number of hydrogen-bond donors (Lipinski definition) is 2. The first-order valence-corrected chi connectivity index (χ1v) is 5.71. The average molecular weight is 230 g/mol. The highest BCUT2D eigenvalue weighted by atomic mass is 16.2. The lowest BCUT2D eigenvalue weighted by Gasteiger charge is -2.16. The second-order valence-electron chi connectivity index (χ2n) is 4.45. The normalized spacial score (nSPS) is 20.4. The second-order valence-corrected chi connectivity index (χ2v) is 4.45. The maximum Gasteiger partial charge on any atom is 0.227 e. The largest absolute Gasteiger partial charge is 0.330 e. The molecule has 0 spiro atoms. The molecule has 0 radical (unpaired) electrons. The van der Waals surface area contributed by atoms with E-state index in [1.165, 1.54) is 0 Å². The summed E-state index contributed by atoms with van der Waals surface area (Å²) in [5.41, 5.74) is 7.48. The minimum atomic E-state index is 0.152. The molecule has 17 heavy (non-hydrogen) atoms. The Morgan fingerprint density at radius 3 is 3.18 bits per heavy atom. The Morgan fingerprint density at radius 2 is 2.41 bits per heavy atom. The van der Waals surface area contributed by atoms with E-state index < -0.39 is 0 Å². The van der Waals surface area contributed by atoms with Crippen LogP contribution in [0.2, 0.25) is 0 Å². The number of fused-ring (bicyclic) bond motifs is 1. The number of carbonyl (C=O) groups is 1. The number of amides is 1. The van der Waals surface area contributed by atoms with Crippen LogP contribution in [0.4, 0.5) is 5.69 Å². The van der Waals surface area contributed by atoms with E-state index in [-0.39, 0.29) is 11.8 Å². The third kappa shape index (κ3) is 1.68. The molecule has 1 aliphatic heterocycles. The van der Waals surface area contributed by atoms with Gasteiger partial charge in [-0.3, -0.25) is 9.89 Å². The lowest BCUT2D eigenvalue weighted by molar-refractivity contribution is -0.117. The van der Waals surface area contributed by atoms with Gasteiger partial charge < -0.3 is 10.6 Å². The fourth-order valence-corrected chi connectivity index (χ4v) is 2.28. The SMILES string of the molecule is NCC1CC(=O)N(c2ccc3cn[nH]c3c2)C1. The summed E-state index contributed by atoms with van der Waals surface area (Å²) in [6, 6.07) is 5.88. The summed E-state index contributed by atoms with van der Waals surface area (Å²) >= 11 is 0. The van der Waals surface area contributed by atoms with Crippen LogP contribution in [-0.4, -0.2) is 29.2 Å². The van der Waals surface area contributed by atoms with Gasteiger partial charge in [0.05, 0.1) is 11.7 Å². The molecule has 1 aromatic carbocycles. The maximum atomic E-state index is 11.9. The number of benzene rings is 1. The minimum absolute atomic E-state index is 0.152. The van der Waals surface area contributed by atoms with Crippen LogP contribution in [0, 0.1) is 5.92 Å². The highest BCUT2D eigenvalue weighted by Crippen LogP contribution is 2.26. The molecule has 0 aliphatic carbocycles. The van der Waals surface area contributed by atoms with Crippen molar-refractivity contribution in [2.24, 2.45) is 11.7 Å². The van der Waals surface area contributed by atoms with E-state index in [1.807, 2.05) is 18.2 Å². The number of H-pyrrole nitrogens is 1. The van der Waals surface area contributed by atoms with Crippen molar-refractivity contribution in [2.45, 2.75) is 6.42 Å². The van der Waals surface area contributed by atoms with Crippen LogP contribution < -0.4 is 10.6 Å². The number of hydrogen-bond acceptors (Lipinski definition) is 3. The van der Waals surface area contributed by atoms with Crippen molar-refractivity contribution in [3.8, 4) is 0 Å². The Bertz CT molecular complexity index is 562. The van der Waals surface area contributed by atoms with Gasteiger partial charge in [0.2, 0.25) is 5.91 Å². The Morgan fingerprint density at radius 1 is 1.53 bits per heavy atom. The van der Waals surface area contributed by atoms with E-state index in [1.54, 1.807) is 11.1 Å². The van der Waals surface area contributed by atoms with E-state index in [0.717, 1.165) is 23.1 Å². The number of nitrogens with one attached hydrogen (secondary N) is 1. The zero-order valence-electron chi connectivity index (χ0n) is 9.39. The standard InChI is InChI=1S/C12H14N4O/c13-5-8-3-12(17)16(7-8)10-2-1-9-6-14-15-11(9)4-10/h1-2,4,6,8H,3,5,7,13H2,(H,14,15). The van der Waals surface area contributed by atoms with Crippen LogP contribution >= 0.6 is 0 Å². The molecule has 1 aliphatic rings. The lowest BCUT2D eigenvalue weighted by atomic mass is 10.1. The van der Waals surface area contributed by atoms with Crippen molar-refractivity contribution >= 4 is 22.5 Å². The molecular formula is C12H14N4O. The summed E-state index contributed by atoms with van der Waals surface area (Å²) in [6.07, 6.45) is 2.32. The fourth-order valence-electron chi connectivity index (χ4n) is 2.28. The molecule has 1 atom stereocenters. The number of rotatable bonds is 2. The number of nitrogens with zero attached hydrogens (tertiary/aromatic N) is 2. The molecule has 3 rings (SSSR count). The third-order valence-electron chi connectivity index (χ3n) is 3.28. The van der Waals surface area contributed by atoms with E-state index >= 15 is 0 Å². The van der Waals surface area contributed by atoms with Crippen LogP contribution in [0.25, 0.3) is 10.9 Å². The number of nitrogens with two attached hydrogens (primary N) is 1. The average Bonchev–Trinajstić information content (AvgIpc) is 2.93. The van der Waals surface area contributed by atoms with Crippen LogP contribution in [0.15, 0.2) is 24.4 Å². The van der Waals surface area contributed by atoms with Crippen molar-refractivity contribution in [1.82, 2.24) is 10.2 Å². The van der Waals surface area contributed by atoms with Gasteiger partial charge in [-0.05, 0) is 30.7 Å². The maximum absolute atomic E-state index is 11.9. The van der Waals surface area contributed by atoms with Gasteiger partial charge in [-0.25, -0.2) is 0 Å². The van der Waals surface area contributed by atoms with E-state index in [2.05, 4.69) is 10.2 Å². The van der Waals surface area contributed by atoms with E-state index in [0.29, 0.717) is 13.0 Å². The first-order valence-electron chi connectivity index (χ1n) is 5.71. The van der Waals surface area contributed by atoms with Gasteiger partial charge >= 0.3 is 0 Å². The zero-order chi connectivity index (χ0) is 11.8. The number of aromatic amines is 1. The summed E-state index contributed by atoms with van der Waals surface area (Å²) < 4.78 is 0. The Hall–Kier alpha value is -1.88. The van der Waals surface area contributed by atoms with Gasteiger partial charge in [-0.2, -0.15) is 5.10 Å². The van der Waals surface area contributed by atoms with Gasteiger partial charge in [-0.15, -0.1) is 0 Å². The lowest BCUT2D eigenvalue weighted by Crippen LogP contribution is -2.25. The van der Waals surface area contributed by atoms with Gasteiger partial charge in [0, 0.05) is 24.0 Å². The molecule has 1 aromatic heterocycles. The van der Waals surface area contributed by atoms with Crippen LogP contribution in [0.3, 0.4) is 0 Å². The van der Waals surface area contributed by atoms with Crippen molar-refractivity contribution in [2.75, 3.05) is 18.0 Å². The van der Waals surface area contributed by atoms with Crippen molar-refractivity contribution in [1.29, 1.82) is 0 Å². The molecular weight excluding hydrogens is 216 g/mol. The minimum Gasteiger partial charge on any atom is -0.330 e. The van der Waals surface area contributed by atoms with Gasteiger partial charge in [0.1, 0.15) is 0 Å². The summed E-state index contributed by atoms with van der Waals surface area (Å²) in [7, 11) is 0. The first kappa shape index (κ1) is 10.3. The molecule has 88 valence electrons. The topological polar surface area (TPSA) is 75.0 Å². The molecule has 1 unspecified atom stereocenters. The fraction of sp³-hybridized carbons (Fsp3) is 0.333. The van der Waals surface area contributed by atoms with E-state index in [4.69, 9.17) is 5.73 Å². The predicted molar refractivity (Wildman–Crippen MR) is 65.6 cm³/mol. The molecule has 1 saturated heterocycles. The quantitative estimate of drug-likeness (QED) is 0.804. The van der Waals surface area contributed by atoms with Gasteiger partial charge in [-0.1, -0.05) is 0 Å². The number of anilines is 1. The van der Waals surface area contributed by atoms with Crippen molar-refractivity contribution < 1.29 is 4.79 Å². The second kappa shape index (κ2) is 3.85. The van der Waals surface area contributed by atoms with Crippen LogP contribution in [0.1, 0.15) is 6.42 Å². The summed E-state index contributed by atoms with van der Waals surface area (Å²) in [5.74, 6) is 0.430. The third-order valence-corrected chi connectivity index (χ3v) is 3.28. The highest BCUT2D eigenvalue weighted by Gasteiger charge is 2.29. The predicted octanol–water partition coefficient (Wildman–Crippen LogP) is 0.874. The van der Waals surface area contributed by atoms with Crippen molar-refractivity contribution in [3.63, 3.8) is 0 Å². The molecule has 0 bridgehead atoms. The van der Waals surface area contributed by atoms with Gasteiger partial charge in [0.25, 0.3) is 0 Å². The number of aromatic nitrogens is 2. The summed E-state index contributed by atoms with van der Waals surface area (Å²) in [4.78, 5) is 13.7. The molecule has 0 saturated carbocycles. The Kier molecular flexibility index (Phi) is 2.33. The molecule has 2 heterocycles. The Balaban J connectivity index is 1.95. The molecule has 3 N–H and O–H groups in total. The van der Waals surface area contributed by atoms with Crippen LogP contribution in [-0.2, 0) is 4.79 Å². The van der Waals surface area contributed by atoms with Gasteiger partial charge in [0.15, 0.2) is 0 Å². The summed E-state index contributed by atoms with van der Waals surface area (Å²) in [6.45, 7) is 1.28. The Labute approximate surface area is 98.6 Å². The molecule has 2 aromatic rings. The number of carbonyl (C=O) groups excluding carboxylic acids is 1. The summed E-state index contributed by atoms with van der Waals surface area (Å²) in [5, 5.41) is 7.93. The first-order chi connectivity index (χ1) is 8.28. The molecule has 1 fully saturated rings. The molecule has 5 nitrogen and oxygen atoms in total. The smallest absolute Gasteiger partial charge is 0.227 e. The van der Waals surface area contributed by atoms with Crippen molar-refractivity contribution in [3.05, 3.63) is 24.4 Å². The highest BCUT2D eigenvalue weighted by molar-refractivity contribution is 5.97. The molecule has 1 amide bonds. The molecule has 5 heteroatoms. The van der Waals surface area contributed by atoms with E-state index in [9.17, 15) is 4.79 Å². The zero-order valence-corrected chi connectivity index (χ0v) is 9.39.